The van der Waals surface area contributed by atoms with E-state index in [2.05, 4.69) is 16.0 Å². The average molecular weight is 262 g/mol. The predicted molar refractivity (Wildman–Crippen MR) is 72.6 cm³/mol. The average Bonchev–Trinajstić information content (AvgIpc) is 2.74. The van der Waals surface area contributed by atoms with Crippen LogP contribution in [0.1, 0.15) is 24.9 Å². The van der Waals surface area contributed by atoms with Crippen LogP contribution in [0.3, 0.4) is 0 Å². The van der Waals surface area contributed by atoms with Gasteiger partial charge in [0.2, 0.25) is 5.91 Å². The Morgan fingerprint density at radius 1 is 1.53 bits per heavy atom. The summed E-state index contributed by atoms with van der Waals surface area (Å²) in [6.07, 6.45) is 0.327. The molecular weight excluding hydrogens is 244 g/mol. The molecule has 2 rings (SSSR count). The Morgan fingerprint density at radius 3 is 2.95 bits per heavy atom. The highest BCUT2D eigenvalue weighted by molar-refractivity contribution is 5.90. The monoisotopic (exact) mass is 262 g/mol. The maximum Gasteiger partial charge on any atom is 0.319 e. The summed E-state index contributed by atoms with van der Waals surface area (Å²) < 4.78 is 0. The van der Waals surface area contributed by atoms with Gasteiger partial charge in [0.25, 0.3) is 0 Å². The number of carbonyl (C=O) groups excluding carboxylic acids is 2. The highest BCUT2D eigenvalue weighted by Gasteiger charge is 2.22. The SMILES string of the molecule is CC(N)c1cccc(NC(=O)NC2CNC(=O)C2)c1. The van der Waals surface area contributed by atoms with Crippen LogP contribution in [-0.2, 0) is 4.79 Å². The van der Waals surface area contributed by atoms with Gasteiger partial charge in [-0.25, -0.2) is 4.79 Å². The molecule has 3 amide bonds. The Kier molecular flexibility index (Phi) is 4.01. The molecule has 1 aromatic carbocycles. The molecule has 2 unspecified atom stereocenters. The first-order chi connectivity index (χ1) is 9.04. The van der Waals surface area contributed by atoms with E-state index in [1.807, 2.05) is 25.1 Å². The zero-order valence-electron chi connectivity index (χ0n) is 10.8. The third kappa shape index (κ3) is 3.69. The topological polar surface area (TPSA) is 96.2 Å². The molecule has 1 heterocycles. The Hall–Kier alpha value is -2.08. The molecule has 102 valence electrons. The lowest BCUT2D eigenvalue weighted by atomic mass is 10.1. The van der Waals surface area contributed by atoms with Crippen LogP contribution in [0.15, 0.2) is 24.3 Å². The second-order valence-electron chi connectivity index (χ2n) is 4.72. The Balaban J connectivity index is 1.91. The van der Waals surface area contributed by atoms with Gasteiger partial charge in [0.1, 0.15) is 0 Å². The Labute approximate surface area is 111 Å². The molecule has 0 saturated carbocycles. The quantitative estimate of drug-likeness (QED) is 0.646. The Morgan fingerprint density at radius 2 is 2.32 bits per heavy atom. The minimum Gasteiger partial charge on any atom is -0.354 e. The van der Waals surface area contributed by atoms with Crippen molar-refractivity contribution in [2.45, 2.75) is 25.4 Å². The molecule has 1 aliphatic rings. The number of nitrogens with two attached hydrogens (primary N) is 1. The minimum atomic E-state index is -0.316. The van der Waals surface area contributed by atoms with Crippen molar-refractivity contribution >= 4 is 17.6 Å². The molecule has 0 radical (unpaired) electrons. The number of carbonyl (C=O) groups is 2. The third-order valence-corrected chi connectivity index (χ3v) is 2.98. The van der Waals surface area contributed by atoms with Crippen molar-refractivity contribution in [2.75, 3.05) is 11.9 Å². The smallest absolute Gasteiger partial charge is 0.319 e. The summed E-state index contributed by atoms with van der Waals surface area (Å²) in [5.41, 5.74) is 7.43. The minimum absolute atomic E-state index is 0.0377. The number of urea groups is 1. The molecule has 1 fully saturated rings. The number of hydrogen-bond acceptors (Lipinski definition) is 3. The maximum atomic E-state index is 11.8. The molecule has 1 aliphatic heterocycles. The lowest BCUT2D eigenvalue weighted by Gasteiger charge is -2.13. The van der Waals surface area contributed by atoms with Crippen LogP contribution in [-0.4, -0.2) is 24.5 Å². The van der Waals surface area contributed by atoms with Crippen LogP contribution >= 0.6 is 0 Å². The van der Waals surface area contributed by atoms with Crippen LogP contribution in [0.5, 0.6) is 0 Å². The van der Waals surface area contributed by atoms with E-state index in [-0.39, 0.29) is 24.0 Å². The van der Waals surface area contributed by atoms with Gasteiger partial charge in [-0.2, -0.15) is 0 Å². The van der Waals surface area contributed by atoms with E-state index in [0.717, 1.165) is 5.56 Å². The molecule has 2 atom stereocenters. The summed E-state index contributed by atoms with van der Waals surface area (Å²) in [5.74, 6) is -0.0377. The molecule has 1 aromatic rings. The molecule has 19 heavy (non-hydrogen) atoms. The molecule has 0 bridgehead atoms. The largest absolute Gasteiger partial charge is 0.354 e. The van der Waals surface area contributed by atoms with Crippen molar-refractivity contribution in [1.82, 2.24) is 10.6 Å². The van der Waals surface area contributed by atoms with Gasteiger partial charge in [0.05, 0.1) is 6.04 Å². The predicted octanol–water partition coefficient (Wildman–Crippen LogP) is 0.716. The maximum absolute atomic E-state index is 11.8. The van der Waals surface area contributed by atoms with Gasteiger partial charge in [-0.3, -0.25) is 4.79 Å². The van der Waals surface area contributed by atoms with Crippen molar-refractivity contribution in [3.05, 3.63) is 29.8 Å². The molecular formula is C13H18N4O2. The molecule has 0 aliphatic carbocycles. The van der Waals surface area contributed by atoms with Crippen molar-refractivity contribution in [2.24, 2.45) is 5.73 Å². The fraction of sp³-hybridized carbons (Fsp3) is 0.385. The lowest BCUT2D eigenvalue weighted by Crippen LogP contribution is -2.39. The first kappa shape index (κ1) is 13.4. The third-order valence-electron chi connectivity index (χ3n) is 2.98. The van der Waals surface area contributed by atoms with E-state index in [1.54, 1.807) is 6.07 Å². The van der Waals surface area contributed by atoms with Crippen LogP contribution in [0, 0.1) is 0 Å². The zero-order valence-corrected chi connectivity index (χ0v) is 10.8. The standard InChI is InChI=1S/C13H18N4O2/c1-8(14)9-3-2-4-10(5-9)16-13(19)17-11-6-12(18)15-7-11/h2-5,8,11H,6-7,14H2,1H3,(H,15,18)(H2,16,17,19). The van der Waals surface area contributed by atoms with E-state index < -0.39 is 0 Å². The number of rotatable bonds is 3. The summed E-state index contributed by atoms with van der Waals surface area (Å²) >= 11 is 0. The molecule has 0 aromatic heterocycles. The van der Waals surface area contributed by atoms with E-state index >= 15 is 0 Å². The molecule has 6 nitrogen and oxygen atoms in total. The van der Waals surface area contributed by atoms with E-state index in [0.29, 0.717) is 18.7 Å². The fourth-order valence-electron chi connectivity index (χ4n) is 1.96. The van der Waals surface area contributed by atoms with Crippen LogP contribution in [0.4, 0.5) is 10.5 Å². The number of amides is 3. The number of nitrogens with one attached hydrogen (secondary N) is 3. The first-order valence-electron chi connectivity index (χ1n) is 6.24. The molecule has 1 saturated heterocycles. The van der Waals surface area contributed by atoms with Gasteiger partial charge < -0.3 is 21.7 Å². The van der Waals surface area contributed by atoms with Crippen LogP contribution in [0.2, 0.25) is 0 Å². The van der Waals surface area contributed by atoms with E-state index in [1.165, 1.54) is 0 Å². The molecule has 6 heteroatoms. The van der Waals surface area contributed by atoms with Gasteiger partial charge in [-0.15, -0.1) is 0 Å². The van der Waals surface area contributed by atoms with Crippen LogP contribution < -0.4 is 21.7 Å². The summed E-state index contributed by atoms with van der Waals surface area (Å²) in [6, 6.07) is 6.84. The highest BCUT2D eigenvalue weighted by atomic mass is 16.2. The number of benzene rings is 1. The van der Waals surface area contributed by atoms with Gasteiger partial charge in [0, 0.05) is 24.7 Å². The van der Waals surface area contributed by atoms with Crippen molar-refractivity contribution in [1.29, 1.82) is 0 Å². The van der Waals surface area contributed by atoms with Crippen LogP contribution in [0.25, 0.3) is 0 Å². The van der Waals surface area contributed by atoms with Gasteiger partial charge in [-0.05, 0) is 24.6 Å². The lowest BCUT2D eigenvalue weighted by molar-refractivity contribution is -0.119. The second kappa shape index (κ2) is 5.71. The Bertz CT molecular complexity index is 487. The molecule has 5 N–H and O–H groups in total. The summed E-state index contributed by atoms with van der Waals surface area (Å²) in [4.78, 5) is 22.8. The number of anilines is 1. The fourth-order valence-corrected chi connectivity index (χ4v) is 1.96. The second-order valence-corrected chi connectivity index (χ2v) is 4.72. The highest BCUT2D eigenvalue weighted by Crippen LogP contribution is 2.15. The molecule has 0 spiro atoms. The van der Waals surface area contributed by atoms with Crippen molar-refractivity contribution in [3.63, 3.8) is 0 Å². The summed E-state index contributed by atoms with van der Waals surface area (Å²) in [7, 11) is 0. The normalized spacial score (nSPS) is 19.7. The first-order valence-corrected chi connectivity index (χ1v) is 6.24. The van der Waals surface area contributed by atoms with Gasteiger partial charge in [0.15, 0.2) is 0 Å². The van der Waals surface area contributed by atoms with Crippen molar-refractivity contribution in [3.8, 4) is 0 Å². The number of hydrogen-bond donors (Lipinski definition) is 4. The van der Waals surface area contributed by atoms with E-state index in [4.69, 9.17) is 5.73 Å². The van der Waals surface area contributed by atoms with Gasteiger partial charge >= 0.3 is 6.03 Å². The summed E-state index contributed by atoms with van der Waals surface area (Å²) in [6.45, 7) is 2.36. The van der Waals surface area contributed by atoms with E-state index in [9.17, 15) is 9.59 Å². The van der Waals surface area contributed by atoms with Gasteiger partial charge in [-0.1, -0.05) is 12.1 Å². The van der Waals surface area contributed by atoms with Crippen molar-refractivity contribution < 1.29 is 9.59 Å². The zero-order chi connectivity index (χ0) is 13.8. The summed E-state index contributed by atoms with van der Waals surface area (Å²) in [5, 5.41) is 8.14.